The number of hydrogen-bond acceptors (Lipinski definition) is 6. The average molecular weight is 519 g/mol. The van der Waals surface area contributed by atoms with Crippen LogP contribution in [0.2, 0.25) is 5.02 Å². The van der Waals surface area contributed by atoms with Crippen LogP contribution in [0.15, 0.2) is 84.0 Å². The van der Waals surface area contributed by atoms with Crippen molar-refractivity contribution in [1.82, 2.24) is 19.7 Å². The number of hydrogen-bond donors (Lipinski definition) is 0. The predicted octanol–water partition coefficient (Wildman–Crippen LogP) is 5.06. The Balaban J connectivity index is 1.43. The molecule has 0 N–H and O–H groups in total. The number of aromatic nitrogens is 3. The first kappa shape index (κ1) is 24.1. The summed E-state index contributed by atoms with van der Waals surface area (Å²) in [5, 5.41) is 9.28. The van der Waals surface area contributed by atoms with Gasteiger partial charge in [-0.25, -0.2) is 0 Å². The first-order valence-electron chi connectivity index (χ1n) is 11.4. The average Bonchev–Trinajstić information content (AvgIpc) is 3.43. The van der Waals surface area contributed by atoms with Gasteiger partial charge in [-0.15, -0.1) is 10.2 Å². The third-order valence-corrected chi connectivity index (χ3v) is 7.45. The van der Waals surface area contributed by atoms with E-state index in [9.17, 15) is 9.59 Å². The van der Waals surface area contributed by atoms with Gasteiger partial charge in [0.15, 0.2) is 11.0 Å². The van der Waals surface area contributed by atoms with Crippen molar-refractivity contribution in [3.8, 4) is 22.8 Å². The van der Waals surface area contributed by atoms with Gasteiger partial charge < -0.3 is 4.74 Å². The standard InChI is InChI=1S/C27H23ClN4O3S/c1-35-20-13-11-19(12-14-20)32-25(21-9-5-6-10-22(21)28)29-30-27(32)36-23-17-24(33)31(26(23)34)16-15-18-7-3-2-4-8-18/h2-14,23H,15-17H2,1H3/t23-/m1/s1. The van der Waals surface area contributed by atoms with E-state index < -0.39 is 5.25 Å². The highest BCUT2D eigenvalue weighted by molar-refractivity contribution is 8.00. The van der Waals surface area contributed by atoms with Crippen LogP contribution in [0.4, 0.5) is 0 Å². The molecular formula is C27H23ClN4O3S. The van der Waals surface area contributed by atoms with Crippen molar-refractivity contribution >= 4 is 35.2 Å². The van der Waals surface area contributed by atoms with Gasteiger partial charge in [0.25, 0.3) is 0 Å². The summed E-state index contributed by atoms with van der Waals surface area (Å²) in [6.45, 7) is 0.356. The van der Waals surface area contributed by atoms with E-state index in [4.69, 9.17) is 16.3 Å². The van der Waals surface area contributed by atoms with Gasteiger partial charge in [-0.2, -0.15) is 0 Å². The van der Waals surface area contributed by atoms with Crippen LogP contribution in [-0.2, 0) is 16.0 Å². The first-order valence-corrected chi connectivity index (χ1v) is 12.7. The zero-order chi connectivity index (χ0) is 25.1. The highest BCUT2D eigenvalue weighted by Crippen LogP contribution is 2.36. The molecule has 0 saturated carbocycles. The van der Waals surface area contributed by atoms with Crippen LogP contribution in [0.3, 0.4) is 0 Å². The highest BCUT2D eigenvalue weighted by Gasteiger charge is 2.40. The molecule has 182 valence electrons. The fourth-order valence-electron chi connectivity index (χ4n) is 4.12. The molecule has 2 amide bonds. The second kappa shape index (κ2) is 10.6. The van der Waals surface area contributed by atoms with E-state index in [1.807, 2.05) is 77.4 Å². The van der Waals surface area contributed by atoms with Crippen molar-refractivity contribution < 1.29 is 14.3 Å². The van der Waals surface area contributed by atoms with Crippen LogP contribution >= 0.6 is 23.4 Å². The molecule has 1 aromatic heterocycles. The Morgan fingerprint density at radius 3 is 2.42 bits per heavy atom. The molecule has 0 unspecified atom stereocenters. The van der Waals surface area contributed by atoms with Gasteiger partial charge in [-0.1, -0.05) is 65.8 Å². The molecule has 1 atom stereocenters. The van der Waals surface area contributed by atoms with Gasteiger partial charge >= 0.3 is 0 Å². The molecule has 3 aromatic carbocycles. The van der Waals surface area contributed by atoms with Crippen LogP contribution in [0.5, 0.6) is 5.75 Å². The van der Waals surface area contributed by atoms with Crippen LogP contribution in [0.25, 0.3) is 17.1 Å². The summed E-state index contributed by atoms with van der Waals surface area (Å²) in [5.41, 5.74) is 2.58. The number of benzene rings is 3. The van der Waals surface area contributed by atoms with Gasteiger partial charge in [0.05, 0.1) is 12.1 Å². The lowest BCUT2D eigenvalue weighted by molar-refractivity contribution is -0.138. The number of rotatable bonds is 8. The number of imide groups is 1. The molecule has 1 aliphatic rings. The SMILES string of the molecule is COc1ccc(-n2c(S[C@@H]3CC(=O)N(CCc4ccccc4)C3=O)nnc2-c2ccccc2Cl)cc1. The molecule has 2 heterocycles. The van der Waals surface area contributed by atoms with Crippen molar-refractivity contribution in [2.24, 2.45) is 0 Å². The van der Waals surface area contributed by atoms with Crippen LogP contribution in [0.1, 0.15) is 12.0 Å². The minimum Gasteiger partial charge on any atom is -0.497 e. The molecule has 0 aliphatic carbocycles. The summed E-state index contributed by atoms with van der Waals surface area (Å²) in [5.74, 6) is 0.886. The van der Waals surface area contributed by atoms with Crippen LogP contribution < -0.4 is 4.74 Å². The van der Waals surface area contributed by atoms with E-state index >= 15 is 0 Å². The summed E-state index contributed by atoms with van der Waals surface area (Å²) < 4.78 is 7.15. The maximum atomic E-state index is 13.2. The Hall–Kier alpha value is -3.62. The summed E-state index contributed by atoms with van der Waals surface area (Å²) in [6, 6.07) is 24.7. The number of methoxy groups -OCH3 is 1. The monoisotopic (exact) mass is 518 g/mol. The maximum Gasteiger partial charge on any atom is 0.243 e. The largest absolute Gasteiger partial charge is 0.497 e. The molecule has 5 rings (SSSR count). The van der Waals surface area contributed by atoms with Gasteiger partial charge in [-0.05, 0) is 48.4 Å². The van der Waals surface area contributed by atoms with Crippen molar-refractivity contribution in [2.75, 3.05) is 13.7 Å². The quantitative estimate of drug-likeness (QED) is 0.303. The summed E-state index contributed by atoms with van der Waals surface area (Å²) in [7, 11) is 1.61. The molecule has 0 bridgehead atoms. The predicted molar refractivity (Wildman–Crippen MR) is 139 cm³/mol. The lowest BCUT2D eigenvalue weighted by Gasteiger charge is -2.15. The fraction of sp³-hybridized carbons (Fsp3) is 0.185. The van der Waals surface area contributed by atoms with E-state index in [0.29, 0.717) is 40.3 Å². The van der Waals surface area contributed by atoms with E-state index in [1.54, 1.807) is 13.2 Å². The number of carbonyl (C=O) groups excluding carboxylic acids is 2. The van der Waals surface area contributed by atoms with Crippen molar-refractivity contribution in [1.29, 1.82) is 0 Å². The molecule has 1 saturated heterocycles. The van der Waals surface area contributed by atoms with E-state index in [-0.39, 0.29) is 18.2 Å². The zero-order valence-electron chi connectivity index (χ0n) is 19.5. The van der Waals surface area contributed by atoms with Crippen LogP contribution in [-0.4, -0.2) is 50.4 Å². The van der Waals surface area contributed by atoms with Gasteiger partial charge in [-0.3, -0.25) is 19.1 Å². The molecule has 4 aromatic rings. The smallest absolute Gasteiger partial charge is 0.243 e. The number of nitrogens with zero attached hydrogens (tertiary/aromatic N) is 4. The Kier molecular flexibility index (Phi) is 7.06. The van der Waals surface area contributed by atoms with Gasteiger partial charge in [0.2, 0.25) is 11.8 Å². The maximum absolute atomic E-state index is 13.2. The Labute approximate surface area is 218 Å². The van der Waals surface area contributed by atoms with E-state index in [2.05, 4.69) is 10.2 Å². The van der Waals surface area contributed by atoms with Crippen molar-refractivity contribution in [3.05, 3.63) is 89.4 Å². The second-order valence-electron chi connectivity index (χ2n) is 8.25. The highest BCUT2D eigenvalue weighted by atomic mass is 35.5. The minimum atomic E-state index is -0.575. The second-order valence-corrected chi connectivity index (χ2v) is 9.83. The van der Waals surface area contributed by atoms with Crippen LogP contribution in [0, 0.1) is 0 Å². The first-order chi connectivity index (χ1) is 17.5. The van der Waals surface area contributed by atoms with Crippen molar-refractivity contribution in [2.45, 2.75) is 23.2 Å². The normalized spacial score (nSPS) is 15.5. The molecule has 9 heteroatoms. The summed E-state index contributed by atoms with van der Waals surface area (Å²) in [6.07, 6.45) is 0.740. The Morgan fingerprint density at radius 1 is 0.972 bits per heavy atom. The molecule has 1 aliphatic heterocycles. The summed E-state index contributed by atoms with van der Waals surface area (Å²) in [4.78, 5) is 27.3. The van der Waals surface area contributed by atoms with E-state index in [1.165, 1.54) is 16.7 Å². The number of ether oxygens (including phenoxy) is 1. The van der Waals surface area contributed by atoms with Crippen molar-refractivity contribution in [3.63, 3.8) is 0 Å². The molecule has 0 spiro atoms. The van der Waals surface area contributed by atoms with E-state index in [0.717, 1.165) is 11.3 Å². The molecule has 7 nitrogen and oxygen atoms in total. The number of carbonyl (C=O) groups is 2. The number of thioether (sulfide) groups is 1. The molecule has 0 radical (unpaired) electrons. The number of amides is 2. The number of halogens is 1. The minimum absolute atomic E-state index is 0.120. The topological polar surface area (TPSA) is 77.3 Å². The molecule has 36 heavy (non-hydrogen) atoms. The Morgan fingerprint density at radius 2 is 1.69 bits per heavy atom. The lowest BCUT2D eigenvalue weighted by Crippen LogP contribution is -2.33. The molecular weight excluding hydrogens is 496 g/mol. The van der Waals surface area contributed by atoms with Gasteiger partial charge in [0, 0.05) is 24.2 Å². The zero-order valence-corrected chi connectivity index (χ0v) is 21.1. The molecule has 1 fully saturated rings. The third kappa shape index (κ3) is 4.87. The Bertz CT molecular complexity index is 1390. The van der Waals surface area contributed by atoms with Gasteiger partial charge in [0.1, 0.15) is 11.0 Å². The summed E-state index contributed by atoms with van der Waals surface area (Å²) >= 11 is 7.72. The number of likely N-dealkylation sites (tertiary alicyclic amines) is 1. The fourth-order valence-corrected chi connectivity index (χ4v) is 5.43. The lowest BCUT2D eigenvalue weighted by atomic mass is 10.1. The third-order valence-electron chi connectivity index (χ3n) is 6.00.